The minimum absolute atomic E-state index is 0.306. The first-order valence-corrected chi connectivity index (χ1v) is 5.90. The Labute approximate surface area is 134 Å². The van der Waals surface area contributed by atoms with Crippen LogP contribution in [0.2, 0.25) is 0 Å². The van der Waals surface area contributed by atoms with Crippen LogP contribution in [-0.2, 0) is 12.4 Å². The van der Waals surface area contributed by atoms with E-state index in [4.69, 9.17) is 0 Å². The summed E-state index contributed by atoms with van der Waals surface area (Å²) in [5.41, 5.74) is -7.35. The summed E-state index contributed by atoms with van der Waals surface area (Å²) in [5.74, 6) is -17.7. The van der Waals surface area contributed by atoms with Crippen LogP contribution in [0.3, 0.4) is 0 Å². The van der Waals surface area contributed by atoms with Gasteiger partial charge in [0, 0.05) is 5.56 Å². The molecule has 1 aromatic carbocycles. The van der Waals surface area contributed by atoms with Crippen molar-refractivity contribution in [1.29, 1.82) is 0 Å². The van der Waals surface area contributed by atoms with Gasteiger partial charge in [0.1, 0.15) is 0 Å². The average molecular weight is 410 g/mol. The van der Waals surface area contributed by atoms with Gasteiger partial charge in [0.25, 0.3) is 0 Å². The third-order valence-electron chi connectivity index (χ3n) is 2.93. The second-order valence-corrected chi connectivity index (χ2v) is 4.73. The highest BCUT2D eigenvalue weighted by atomic mass is 19.4. The first-order valence-electron chi connectivity index (χ1n) is 5.90. The number of halogens is 13. The second kappa shape index (κ2) is 6.01. The summed E-state index contributed by atoms with van der Waals surface area (Å²) in [6.45, 7) is 0. The Morgan fingerprint density at radius 3 is 1.50 bits per heavy atom. The van der Waals surface area contributed by atoms with E-state index in [2.05, 4.69) is 0 Å². The topological polar surface area (TPSA) is 17.1 Å². The van der Waals surface area contributed by atoms with Crippen molar-refractivity contribution >= 4 is 5.78 Å². The van der Waals surface area contributed by atoms with E-state index in [0.717, 1.165) is 0 Å². The lowest BCUT2D eigenvalue weighted by atomic mass is 9.93. The molecule has 1 aromatic rings. The Balaban J connectivity index is 3.69. The molecule has 1 nitrogen and oxygen atoms in total. The summed E-state index contributed by atoms with van der Waals surface area (Å²) in [4.78, 5) is 11.3. The molecular weight excluding hydrogens is 407 g/mol. The van der Waals surface area contributed by atoms with Crippen LogP contribution in [0.1, 0.15) is 21.5 Å². The smallest absolute Gasteiger partial charge is 0.287 e. The van der Waals surface area contributed by atoms with Gasteiger partial charge in [0.2, 0.25) is 5.78 Å². The molecule has 0 spiro atoms. The van der Waals surface area contributed by atoms with E-state index >= 15 is 0 Å². The highest BCUT2D eigenvalue weighted by Crippen LogP contribution is 2.49. The fraction of sp³-hybridized carbons (Fsp3) is 0.417. The predicted octanol–water partition coefficient (Wildman–Crippen LogP) is 5.74. The van der Waals surface area contributed by atoms with Crippen LogP contribution >= 0.6 is 0 Å². The third-order valence-corrected chi connectivity index (χ3v) is 2.93. The lowest BCUT2D eigenvalue weighted by Gasteiger charge is -2.28. The molecule has 0 aliphatic heterocycles. The highest BCUT2D eigenvalue weighted by molar-refractivity contribution is 6.03. The van der Waals surface area contributed by atoms with Gasteiger partial charge in [-0.1, -0.05) is 0 Å². The Morgan fingerprint density at radius 2 is 1.15 bits per heavy atom. The molecule has 0 bridgehead atoms. The summed E-state index contributed by atoms with van der Waals surface area (Å²) in [6, 6.07) is -1.71. The van der Waals surface area contributed by atoms with Gasteiger partial charge < -0.3 is 0 Å². The molecular formula is C12H3F13O. The number of alkyl halides is 13. The standard InChI is InChI=1S/C12H3F13O/c13-8(14,11(21,22)12(23,24)25)7(26)5-3-4(9(15,16)17)1-2-6(5)10(18,19)20/h1-3H. The van der Waals surface area contributed by atoms with E-state index in [-0.39, 0.29) is 6.07 Å². The Hall–Kier alpha value is -2.02. The van der Waals surface area contributed by atoms with E-state index < -0.39 is 65.0 Å². The van der Waals surface area contributed by atoms with Crippen molar-refractivity contribution in [3.8, 4) is 0 Å². The third kappa shape index (κ3) is 3.72. The number of carbonyl (C=O) groups is 1. The molecule has 0 fully saturated rings. The van der Waals surface area contributed by atoms with Gasteiger partial charge in [-0.3, -0.25) is 4.79 Å². The molecule has 148 valence electrons. The van der Waals surface area contributed by atoms with E-state index in [1.807, 2.05) is 0 Å². The fourth-order valence-electron chi connectivity index (χ4n) is 1.65. The largest absolute Gasteiger partial charge is 0.460 e. The van der Waals surface area contributed by atoms with Crippen molar-refractivity contribution < 1.29 is 61.9 Å². The van der Waals surface area contributed by atoms with Gasteiger partial charge in [-0.2, -0.15) is 57.1 Å². The maximum Gasteiger partial charge on any atom is 0.460 e. The van der Waals surface area contributed by atoms with Gasteiger partial charge in [0.15, 0.2) is 0 Å². The first-order chi connectivity index (χ1) is 11.2. The van der Waals surface area contributed by atoms with Crippen molar-refractivity contribution in [3.63, 3.8) is 0 Å². The molecule has 0 aliphatic carbocycles. The molecule has 0 aromatic heterocycles. The molecule has 26 heavy (non-hydrogen) atoms. The summed E-state index contributed by atoms with van der Waals surface area (Å²) in [5, 5.41) is 0. The molecule has 0 N–H and O–H groups in total. The minimum Gasteiger partial charge on any atom is -0.287 e. The summed E-state index contributed by atoms with van der Waals surface area (Å²) in [7, 11) is 0. The number of hydrogen-bond donors (Lipinski definition) is 0. The number of ketones is 1. The predicted molar refractivity (Wildman–Crippen MR) is 56.7 cm³/mol. The Bertz CT molecular complexity index is 693. The highest BCUT2D eigenvalue weighted by Gasteiger charge is 2.76. The summed E-state index contributed by atoms with van der Waals surface area (Å²) < 4.78 is 164. The number of Topliss-reactive ketones (excluding diaryl/α,β-unsaturated/α-hetero) is 1. The molecule has 0 heterocycles. The van der Waals surface area contributed by atoms with Gasteiger partial charge in [0.05, 0.1) is 11.1 Å². The van der Waals surface area contributed by atoms with Gasteiger partial charge in [-0.05, 0) is 18.2 Å². The molecule has 1 rings (SSSR count). The molecule has 0 radical (unpaired) electrons. The van der Waals surface area contributed by atoms with Crippen LogP contribution in [0, 0.1) is 0 Å². The maximum atomic E-state index is 13.3. The number of benzene rings is 1. The van der Waals surface area contributed by atoms with Crippen LogP contribution in [0.4, 0.5) is 57.1 Å². The van der Waals surface area contributed by atoms with Crippen LogP contribution in [0.15, 0.2) is 18.2 Å². The maximum absolute atomic E-state index is 13.3. The molecule has 0 saturated heterocycles. The van der Waals surface area contributed by atoms with Crippen molar-refractivity contribution in [3.05, 3.63) is 34.9 Å². The van der Waals surface area contributed by atoms with Crippen LogP contribution in [0.25, 0.3) is 0 Å². The van der Waals surface area contributed by atoms with E-state index in [1.54, 1.807) is 0 Å². The molecule has 0 amide bonds. The summed E-state index contributed by atoms with van der Waals surface area (Å²) >= 11 is 0. The normalized spacial score (nSPS) is 14.5. The molecule has 0 unspecified atom stereocenters. The minimum atomic E-state index is -7.13. The molecule has 0 aliphatic rings. The SMILES string of the molecule is O=C(c1cc(C(F)(F)F)ccc1C(F)(F)F)C(F)(F)C(F)(F)C(F)(F)F. The zero-order chi connectivity index (χ0) is 20.9. The van der Waals surface area contributed by atoms with Crippen LogP contribution < -0.4 is 0 Å². The Morgan fingerprint density at radius 1 is 0.692 bits per heavy atom. The zero-order valence-electron chi connectivity index (χ0n) is 11.6. The lowest BCUT2D eigenvalue weighted by molar-refractivity contribution is -0.339. The van der Waals surface area contributed by atoms with Crippen LogP contribution in [-0.4, -0.2) is 23.8 Å². The van der Waals surface area contributed by atoms with Crippen molar-refractivity contribution in [2.45, 2.75) is 30.4 Å². The van der Waals surface area contributed by atoms with Crippen molar-refractivity contribution in [1.82, 2.24) is 0 Å². The van der Waals surface area contributed by atoms with Crippen molar-refractivity contribution in [2.75, 3.05) is 0 Å². The quantitative estimate of drug-likeness (QED) is 0.459. The monoisotopic (exact) mass is 410 g/mol. The van der Waals surface area contributed by atoms with Crippen molar-refractivity contribution in [2.24, 2.45) is 0 Å². The van der Waals surface area contributed by atoms with E-state index in [9.17, 15) is 61.9 Å². The van der Waals surface area contributed by atoms with Gasteiger partial charge >= 0.3 is 30.4 Å². The fourth-order valence-corrected chi connectivity index (χ4v) is 1.65. The lowest BCUT2D eigenvalue weighted by Crippen LogP contribution is -2.56. The van der Waals surface area contributed by atoms with Gasteiger partial charge in [-0.25, -0.2) is 0 Å². The molecule has 14 heteroatoms. The molecule has 0 saturated carbocycles. The average Bonchev–Trinajstić information content (AvgIpc) is 2.42. The number of rotatable bonds is 3. The zero-order valence-corrected chi connectivity index (χ0v) is 11.6. The Kier molecular flexibility index (Phi) is 5.09. The molecule has 0 atom stereocenters. The van der Waals surface area contributed by atoms with E-state index in [0.29, 0.717) is 0 Å². The van der Waals surface area contributed by atoms with E-state index in [1.165, 1.54) is 0 Å². The van der Waals surface area contributed by atoms with Crippen LogP contribution in [0.5, 0.6) is 0 Å². The first kappa shape index (κ1) is 22.0. The number of carbonyl (C=O) groups excluding carboxylic acids is 1. The van der Waals surface area contributed by atoms with Gasteiger partial charge in [-0.15, -0.1) is 0 Å². The number of hydrogen-bond acceptors (Lipinski definition) is 1. The summed E-state index contributed by atoms with van der Waals surface area (Å²) in [6.07, 6.45) is -18.4. The second-order valence-electron chi connectivity index (χ2n) is 4.73.